The van der Waals surface area contributed by atoms with Gasteiger partial charge in [-0.1, -0.05) is 30.7 Å². The highest BCUT2D eigenvalue weighted by Gasteiger charge is 2.13. The minimum atomic E-state index is -0.464. The number of nitrogens with one attached hydrogen (secondary N) is 1. The Kier molecular flexibility index (Phi) is 4.35. The first-order chi connectivity index (χ1) is 9.51. The molecule has 1 amide bonds. The Morgan fingerprint density at radius 2 is 2.15 bits per heavy atom. The van der Waals surface area contributed by atoms with Crippen molar-refractivity contribution in [1.82, 2.24) is 4.98 Å². The Hall–Kier alpha value is -1.94. The lowest BCUT2D eigenvalue weighted by atomic mass is 10.1. The van der Waals surface area contributed by atoms with Gasteiger partial charge in [0.1, 0.15) is 11.0 Å². The topological polar surface area (TPSA) is 42.0 Å². The van der Waals surface area contributed by atoms with Crippen molar-refractivity contribution in [2.45, 2.75) is 20.3 Å². The number of halogens is 2. The number of anilines is 1. The van der Waals surface area contributed by atoms with E-state index in [9.17, 15) is 9.18 Å². The van der Waals surface area contributed by atoms with Crippen LogP contribution in [-0.2, 0) is 6.42 Å². The molecule has 0 radical (unpaired) electrons. The van der Waals surface area contributed by atoms with E-state index >= 15 is 0 Å². The molecule has 0 bridgehead atoms. The van der Waals surface area contributed by atoms with Crippen LogP contribution in [0.3, 0.4) is 0 Å². The molecule has 1 aromatic heterocycles. The van der Waals surface area contributed by atoms with E-state index in [0.717, 1.165) is 0 Å². The third-order valence-electron chi connectivity index (χ3n) is 2.93. The SMILES string of the molecule is CCc1cc(C(=O)Nc2c(C)cccc2F)cc(Cl)n1. The largest absolute Gasteiger partial charge is 0.319 e. The van der Waals surface area contributed by atoms with Gasteiger partial charge < -0.3 is 5.32 Å². The second-order valence-electron chi connectivity index (χ2n) is 4.41. The fourth-order valence-electron chi connectivity index (χ4n) is 1.84. The van der Waals surface area contributed by atoms with E-state index in [2.05, 4.69) is 10.3 Å². The van der Waals surface area contributed by atoms with Crippen LogP contribution in [0.2, 0.25) is 5.15 Å². The average Bonchev–Trinajstić information content (AvgIpc) is 2.42. The standard InChI is InChI=1S/C15H14ClFN2O/c1-3-11-7-10(8-13(16)18-11)15(20)19-14-9(2)5-4-6-12(14)17/h4-8H,3H2,1-2H3,(H,19,20). The van der Waals surface area contributed by atoms with Gasteiger partial charge in [-0.15, -0.1) is 0 Å². The van der Waals surface area contributed by atoms with E-state index in [1.54, 1.807) is 25.1 Å². The number of benzene rings is 1. The van der Waals surface area contributed by atoms with Crippen molar-refractivity contribution < 1.29 is 9.18 Å². The van der Waals surface area contributed by atoms with E-state index in [1.165, 1.54) is 12.1 Å². The van der Waals surface area contributed by atoms with E-state index in [-0.39, 0.29) is 10.8 Å². The Morgan fingerprint density at radius 1 is 1.40 bits per heavy atom. The molecule has 20 heavy (non-hydrogen) atoms. The molecular formula is C15H14ClFN2O. The molecule has 2 rings (SSSR count). The lowest BCUT2D eigenvalue weighted by Gasteiger charge is -2.10. The zero-order valence-electron chi connectivity index (χ0n) is 11.2. The molecule has 104 valence electrons. The van der Waals surface area contributed by atoms with Crippen molar-refractivity contribution in [2.24, 2.45) is 0 Å². The molecule has 1 N–H and O–H groups in total. The predicted octanol–water partition coefficient (Wildman–Crippen LogP) is 4.00. The quantitative estimate of drug-likeness (QED) is 0.869. The first-order valence-electron chi connectivity index (χ1n) is 6.24. The number of pyridine rings is 1. The first-order valence-corrected chi connectivity index (χ1v) is 6.62. The second kappa shape index (κ2) is 6.01. The Bertz CT molecular complexity index is 638. The van der Waals surface area contributed by atoms with Crippen molar-refractivity contribution in [1.29, 1.82) is 0 Å². The maximum Gasteiger partial charge on any atom is 0.255 e. The van der Waals surface area contributed by atoms with Gasteiger partial charge in [-0.3, -0.25) is 4.79 Å². The van der Waals surface area contributed by atoms with Crippen LogP contribution in [-0.4, -0.2) is 10.9 Å². The van der Waals surface area contributed by atoms with Crippen molar-refractivity contribution in [3.8, 4) is 0 Å². The van der Waals surface area contributed by atoms with E-state index in [4.69, 9.17) is 11.6 Å². The van der Waals surface area contributed by atoms with Crippen LogP contribution in [0.5, 0.6) is 0 Å². The van der Waals surface area contributed by atoms with Gasteiger partial charge >= 0.3 is 0 Å². The molecule has 0 fully saturated rings. The number of aryl methyl sites for hydroxylation is 2. The lowest BCUT2D eigenvalue weighted by molar-refractivity contribution is 0.102. The third kappa shape index (κ3) is 3.14. The molecule has 5 heteroatoms. The van der Waals surface area contributed by atoms with E-state index < -0.39 is 11.7 Å². The summed E-state index contributed by atoms with van der Waals surface area (Å²) in [4.78, 5) is 16.3. The highest BCUT2D eigenvalue weighted by molar-refractivity contribution is 6.29. The number of hydrogen-bond acceptors (Lipinski definition) is 2. The van der Waals surface area contributed by atoms with Crippen molar-refractivity contribution in [3.05, 3.63) is 58.1 Å². The monoisotopic (exact) mass is 292 g/mol. The maximum absolute atomic E-state index is 13.7. The third-order valence-corrected chi connectivity index (χ3v) is 3.13. The molecule has 0 aliphatic carbocycles. The van der Waals surface area contributed by atoms with Crippen LogP contribution in [0.4, 0.5) is 10.1 Å². The minimum Gasteiger partial charge on any atom is -0.319 e. The molecule has 0 unspecified atom stereocenters. The van der Waals surface area contributed by atoms with Crippen LogP contribution < -0.4 is 5.32 Å². The maximum atomic E-state index is 13.7. The molecule has 3 nitrogen and oxygen atoms in total. The Morgan fingerprint density at radius 3 is 2.80 bits per heavy atom. The Labute approximate surface area is 121 Å². The summed E-state index contributed by atoms with van der Waals surface area (Å²) in [5.41, 5.74) is 1.93. The van der Waals surface area contributed by atoms with Gasteiger partial charge in [-0.05, 0) is 37.1 Å². The van der Waals surface area contributed by atoms with Gasteiger partial charge in [0.15, 0.2) is 0 Å². The smallest absolute Gasteiger partial charge is 0.255 e. The summed E-state index contributed by atoms with van der Waals surface area (Å²) < 4.78 is 13.7. The molecule has 0 spiro atoms. The Balaban J connectivity index is 2.31. The molecule has 0 atom stereocenters. The average molecular weight is 293 g/mol. The summed E-state index contributed by atoms with van der Waals surface area (Å²) in [7, 11) is 0. The summed E-state index contributed by atoms with van der Waals surface area (Å²) >= 11 is 5.87. The molecule has 1 aromatic carbocycles. The number of rotatable bonds is 3. The fourth-order valence-corrected chi connectivity index (χ4v) is 2.07. The number of nitrogens with zero attached hydrogens (tertiary/aromatic N) is 1. The van der Waals surface area contributed by atoms with Crippen LogP contribution >= 0.6 is 11.6 Å². The van der Waals surface area contributed by atoms with Crippen molar-refractivity contribution >= 4 is 23.2 Å². The zero-order valence-corrected chi connectivity index (χ0v) is 12.0. The van der Waals surface area contributed by atoms with Gasteiger partial charge in [0.25, 0.3) is 5.91 Å². The molecule has 2 aromatic rings. The van der Waals surface area contributed by atoms with Gasteiger partial charge in [0, 0.05) is 11.3 Å². The first kappa shape index (κ1) is 14.5. The van der Waals surface area contributed by atoms with Crippen molar-refractivity contribution in [3.63, 3.8) is 0 Å². The highest BCUT2D eigenvalue weighted by Crippen LogP contribution is 2.20. The van der Waals surface area contributed by atoms with Crippen LogP contribution in [0.25, 0.3) is 0 Å². The molecular weight excluding hydrogens is 279 g/mol. The second-order valence-corrected chi connectivity index (χ2v) is 4.80. The normalized spacial score (nSPS) is 10.4. The lowest BCUT2D eigenvalue weighted by Crippen LogP contribution is -2.14. The summed E-state index contributed by atoms with van der Waals surface area (Å²) in [5.74, 6) is -0.869. The molecule has 0 saturated heterocycles. The molecule has 0 aliphatic rings. The van der Waals surface area contributed by atoms with Gasteiger partial charge in [0.05, 0.1) is 5.69 Å². The highest BCUT2D eigenvalue weighted by atomic mass is 35.5. The number of carbonyl (C=O) groups excluding carboxylic acids is 1. The predicted molar refractivity (Wildman–Crippen MR) is 77.7 cm³/mol. The molecule has 1 heterocycles. The van der Waals surface area contributed by atoms with Crippen molar-refractivity contribution in [2.75, 3.05) is 5.32 Å². The number of aromatic nitrogens is 1. The van der Waals surface area contributed by atoms with E-state index in [0.29, 0.717) is 23.2 Å². The summed E-state index contributed by atoms with van der Waals surface area (Å²) in [5, 5.41) is 2.82. The van der Waals surface area contributed by atoms with E-state index in [1.807, 2.05) is 6.92 Å². The number of hydrogen-bond donors (Lipinski definition) is 1. The van der Waals surface area contributed by atoms with Crippen LogP contribution in [0.15, 0.2) is 30.3 Å². The summed E-state index contributed by atoms with van der Waals surface area (Å²) in [6.07, 6.45) is 0.666. The molecule has 0 saturated carbocycles. The van der Waals surface area contributed by atoms with Gasteiger partial charge in [-0.25, -0.2) is 9.37 Å². The fraction of sp³-hybridized carbons (Fsp3) is 0.200. The van der Waals surface area contributed by atoms with Gasteiger partial charge in [0.2, 0.25) is 0 Å². The van der Waals surface area contributed by atoms with Gasteiger partial charge in [-0.2, -0.15) is 0 Å². The summed E-state index contributed by atoms with van der Waals surface area (Å²) in [6.45, 7) is 3.65. The van der Waals surface area contributed by atoms with Crippen LogP contribution in [0, 0.1) is 12.7 Å². The van der Waals surface area contributed by atoms with Crippen LogP contribution in [0.1, 0.15) is 28.5 Å². The number of amides is 1. The zero-order chi connectivity index (χ0) is 14.7. The molecule has 0 aliphatic heterocycles. The minimum absolute atomic E-state index is 0.184. The number of carbonyl (C=O) groups is 1. The summed E-state index contributed by atoms with van der Waals surface area (Å²) in [6, 6.07) is 7.75. The number of para-hydroxylation sites is 1.